The number of hydrazine groups is 1. The van der Waals surface area contributed by atoms with E-state index in [0.29, 0.717) is 29.8 Å². The van der Waals surface area contributed by atoms with Crippen molar-refractivity contribution in [3.63, 3.8) is 0 Å². The molecule has 0 radical (unpaired) electrons. The second-order valence-electron chi connectivity index (χ2n) is 4.42. The van der Waals surface area contributed by atoms with Crippen molar-refractivity contribution in [1.82, 2.24) is 9.97 Å². The molecular formula is C10H17N5O2S2. The molecule has 2 heterocycles. The van der Waals surface area contributed by atoms with Crippen LogP contribution in [0.1, 0.15) is 6.42 Å². The van der Waals surface area contributed by atoms with Crippen LogP contribution in [0.15, 0.2) is 11.2 Å². The topological polar surface area (TPSA) is 110 Å². The molecule has 0 spiro atoms. The molecule has 1 fully saturated rings. The normalized spacial score (nSPS) is 21.3. The van der Waals surface area contributed by atoms with Crippen molar-refractivity contribution in [2.75, 3.05) is 35.0 Å². The monoisotopic (exact) mass is 303 g/mol. The summed E-state index contributed by atoms with van der Waals surface area (Å²) in [5.41, 5.74) is 2.48. The lowest BCUT2D eigenvalue weighted by Gasteiger charge is -2.11. The first-order valence-corrected chi connectivity index (χ1v) is 8.91. The van der Waals surface area contributed by atoms with Crippen LogP contribution in [0.25, 0.3) is 0 Å². The molecule has 9 heteroatoms. The maximum absolute atomic E-state index is 11.4. The average molecular weight is 303 g/mol. The highest BCUT2D eigenvalue weighted by molar-refractivity contribution is 7.98. The highest BCUT2D eigenvalue weighted by atomic mass is 32.2. The highest BCUT2D eigenvalue weighted by Gasteiger charge is 2.27. The predicted octanol–water partition coefficient (Wildman–Crippen LogP) is 0.331. The molecule has 4 N–H and O–H groups in total. The molecule has 0 aliphatic carbocycles. The quantitative estimate of drug-likeness (QED) is 0.309. The number of hydrogen-bond donors (Lipinski definition) is 3. The van der Waals surface area contributed by atoms with Gasteiger partial charge in [-0.25, -0.2) is 24.2 Å². The molecule has 19 heavy (non-hydrogen) atoms. The van der Waals surface area contributed by atoms with E-state index in [-0.39, 0.29) is 17.4 Å². The minimum Gasteiger partial charge on any atom is -0.370 e. The van der Waals surface area contributed by atoms with Gasteiger partial charge in [-0.2, -0.15) is 0 Å². The summed E-state index contributed by atoms with van der Waals surface area (Å²) < 4.78 is 22.7. The lowest BCUT2D eigenvalue weighted by molar-refractivity contribution is 0.595. The Kier molecular flexibility index (Phi) is 4.48. The zero-order valence-electron chi connectivity index (χ0n) is 10.6. The van der Waals surface area contributed by atoms with Gasteiger partial charge in [-0.05, 0) is 18.6 Å². The Morgan fingerprint density at radius 1 is 1.47 bits per heavy atom. The summed E-state index contributed by atoms with van der Waals surface area (Å²) in [6, 6.07) is 1.70. The number of aromatic nitrogens is 2. The van der Waals surface area contributed by atoms with E-state index in [0.717, 1.165) is 0 Å². The lowest BCUT2D eigenvalue weighted by atomic mass is 10.1. The van der Waals surface area contributed by atoms with Crippen LogP contribution in [0.3, 0.4) is 0 Å². The minimum atomic E-state index is -2.83. The molecule has 1 atom stereocenters. The van der Waals surface area contributed by atoms with Crippen LogP contribution in [0, 0.1) is 5.92 Å². The second-order valence-corrected chi connectivity index (χ2v) is 7.42. The van der Waals surface area contributed by atoms with E-state index in [1.807, 2.05) is 6.26 Å². The molecule has 106 valence electrons. The number of nitrogen functional groups attached to an aromatic ring is 1. The van der Waals surface area contributed by atoms with Gasteiger partial charge in [0.25, 0.3) is 0 Å². The maximum Gasteiger partial charge on any atom is 0.191 e. The fourth-order valence-corrected chi connectivity index (χ4v) is 4.20. The van der Waals surface area contributed by atoms with Crippen LogP contribution in [0.2, 0.25) is 0 Å². The Morgan fingerprint density at radius 3 is 2.79 bits per heavy atom. The summed E-state index contributed by atoms with van der Waals surface area (Å²) in [6.07, 6.45) is 2.58. The molecule has 1 unspecified atom stereocenters. The molecule has 1 saturated heterocycles. The van der Waals surface area contributed by atoms with Gasteiger partial charge in [-0.15, -0.1) is 0 Å². The second kappa shape index (κ2) is 5.93. The van der Waals surface area contributed by atoms with Crippen molar-refractivity contribution in [2.45, 2.75) is 11.6 Å². The van der Waals surface area contributed by atoms with Gasteiger partial charge in [-0.1, -0.05) is 11.8 Å². The summed E-state index contributed by atoms with van der Waals surface area (Å²) in [4.78, 5) is 8.45. The number of sulfone groups is 1. The summed E-state index contributed by atoms with van der Waals surface area (Å²) in [5, 5.41) is 3.76. The van der Waals surface area contributed by atoms with E-state index in [1.54, 1.807) is 6.07 Å². The number of nitrogens with one attached hydrogen (secondary N) is 2. The van der Waals surface area contributed by atoms with Crippen LogP contribution < -0.4 is 16.6 Å². The Bertz CT molecular complexity index is 527. The van der Waals surface area contributed by atoms with Crippen molar-refractivity contribution < 1.29 is 8.42 Å². The van der Waals surface area contributed by atoms with Crippen molar-refractivity contribution in [2.24, 2.45) is 11.8 Å². The fraction of sp³-hybridized carbons (Fsp3) is 0.600. The number of nitrogens with two attached hydrogens (primary N) is 1. The predicted molar refractivity (Wildman–Crippen MR) is 76.9 cm³/mol. The number of thioether (sulfide) groups is 1. The van der Waals surface area contributed by atoms with E-state index in [1.165, 1.54) is 11.8 Å². The Labute approximate surface area is 116 Å². The first-order valence-electron chi connectivity index (χ1n) is 5.86. The Hall–Kier alpha value is -1.06. The summed E-state index contributed by atoms with van der Waals surface area (Å²) in [6.45, 7) is 0.591. The van der Waals surface area contributed by atoms with Crippen molar-refractivity contribution in [3.05, 3.63) is 6.07 Å². The average Bonchev–Trinajstić information content (AvgIpc) is 2.75. The van der Waals surface area contributed by atoms with Crippen LogP contribution >= 0.6 is 11.8 Å². The van der Waals surface area contributed by atoms with Gasteiger partial charge in [0.05, 0.1) is 11.5 Å². The molecule has 7 nitrogen and oxygen atoms in total. The standard InChI is InChI=1S/C10H17N5O2S2/c1-18-10-13-8(4-9(14-10)15-11)12-5-7-2-3-19(16,17)6-7/h4,7H,2-3,5-6,11H2,1H3,(H2,12,13,14,15). The number of nitrogens with zero attached hydrogens (tertiary/aromatic N) is 2. The minimum absolute atomic E-state index is 0.145. The molecule has 0 bridgehead atoms. The molecule has 1 aliphatic heterocycles. The molecule has 2 rings (SSSR count). The molecular weight excluding hydrogens is 286 g/mol. The highest BCUT2D eigenvalue weighted by Crippen LogP contribution is 2.20. The molecule has 1 aromatic heterocycles. The first kappa shape index (κ1) is 14.4. The zero-order chi connectivity index (χ0) is 13.9. The summed E-state index contributed by atoms with van der Waals surface area (Å²) >= 11 is 1.42. The zero-order valence-corrected chi connectivity index (χ0v) is 12.2. The SMILES string of the molecule is CSc1nc(NN)cc(NCC2CCS(=O)(=O)C2)n1. The Morgan fingerprint density at radius 2 is 2.21 bits per heavy atom. The third-order valence-electron chi connectivity index (χ3n) is 2.93. The smallest absolute Gasteiger partial charge is 0.191 e. The molecule has 1 aromatic rings. The third kappa shape index (κ3) is 3.95. The van der Waals surface area contributed by atoms with Gasteiger partial charge < -0.3 is 10.7 Å². The molecule has 0 amide bonds. The van der Waals surface area contributed by atoms with Gasteiger partial charge in [0.1, 0.15) is 11.6 Å². The lowest BCUT2D eigenvalue weighted by Crippen LogP contribution is -2.17. The van der Waals surface area contributed by atoms with E-state index in [2.05, 4.69) is 20.7 Å². The van der Waals surface area contributed by atoms with Crippen LogP contribution in [0.4, 0.5) is 11.6 Å². The van der Waals surface area contributed by atoms with E-state index < -0.39 is 9.84 Å². The Balaban J connectivity index is 1.99. The number of hydrogen-bond acceptors (Lipinski definition) is 8. The number of anilines is 2. The van der Waals surface area contributed by atoms with Crippen LogP contribution in [-0.2, 0) is 9.84 Å². The van der Waals surface area contributed by atoms with E-state index in [9.17, 15) is 8.42 Å². The van der Waals surface area contributed by atoms with Gasteiger partial charge >= 0.3 is 0 Å². The van der Waals surface area contributed by atoms with Crippen LogP contribution in [-0.4, -0.2) is 42.7 Å². The van der Waals surface area contributed by atoms with Crippen LogP contribution in [0.5, 0.6) is 0 Å². The summed E-state index contributed by atoms with van der Waals surface area (Å²) in [5.74, 6) is 7.20. The van der Waals surface area contributed by atoms with E-state index >= 15 is 0 Å². The van der Waals surface area contributed by atoms with Gasteiger partial charge in [0.15, 0.2) is 15.0 Å². The molecule has 1 aliphatic rings. The van der Waals surface area contributed by atoms with Gasteiger partial charge in [0, 0.05) is 12.6 Å². The van der Waals surface area contributed by atoms with Crippen molar-refractivity contribution >= 4 is 33.2 Å². The first-order chi connectivity index (χ1) is 9.02. The fourth-order valence-electron chi connectivity index (χ4n) is 1.96. The van der Waals surface area contributed by atoms with Crippen molar-refractivity contribution in [3.8, 4) is 0 Å². The molecule has 0 saturated carbocycles. The van der Waals surface area contributed by atoms with Crippen molar-refractivity contribution in [1.29, 1.82) is 0 Å². The third-order valence-corrected chi connectivity index (χ3v) is 5.32. The molecule has 0 aromatic carbocycles. The van der Waals surface area contributed by atoms with Gasteiger partial charge in [0.2, 0.25) is 0 Å². The number of rotatable bonds is 5. The van der Waals surface area contributed by atoms with E-state index in [4.69, 9.17) is 5.84 Å². The largest absolute Gasteiger partial charge is 0.370 e. The van der Waals surface area contributed by atoms with Gasteiger partial charge in [-0.3, -0.25) is 0 Å². The maximum atomic E-state index is 11.4. The summed E-state index contributed by atoms with van der Waals surface area (Å²) in [7, 11) is -2.83.